The normalized spacial score (nSPS) is 15.2. The smallest absolute Gasteiger partial charge is 0.148 e. The minimum atomic E-state index is -0.267. The maximum absolute atomic E-state index is 14.4. The van der Waals surface area contributed by atoms with Crippen LogP contribution in [-0.4, -0.2) is 66.0 Å². The number of aryl methyl sites for hydroxylation is 2. The molecule has 1 fully saturated rings. The van der Waals surface area contributed by atoms with Crippen LogP contribution in [0.1, 0.15) is 15.3 Å². The average Bonchev–Trinajstić information content (AvgIpc) is 3.29. The molecule has 30 heavy (non-hydrogen) atoms. The zero-order valence-corrected chi connectivity index (χ0v) is 18.7. The van der Waals surface area contributed by atoms with Gasteiger partial charge in [-0.2, -0.15) is 5.10 Å². The molecule has 0 unspecified atom stereocenters. The third-order valence-corrected chi connectivity index (χ3v) is 6.49. The van der Waals surface area contributed by atoms with Gasteiger partial charge in [-0.15, -0.1) is 11.3 Å². The van der Waals surface area contributed by atoms with Crippen molar-refractivity contribution in [2.24, 2.45) is 0 Å². The van der Waals surface area contributed by atoms with Crippen molar-refractivity contribution in [3.63, 3.8) is 0 Å². The predicted molar refractivity (Wildman–Crippen MR) is 120 cm³/mol. The molecule has 4 rings (SSSR count). The molecule has 3 heterocycles. The Morgan fingerprint density at radius 2 is 1.97 bits per heavy atom. The van der Waals surface area contributed by atoms with Crippen LogP contribution < -0.4 is 0 Å². The van der Waals surface area contributed by atoms with Gasteiger partial charge in [0, 0.05) is 59.8 Å². The largest absolute Gasteiger partial charge is 0.379 e. The fourth-order valence-corrected chi connectivity index (χ4v) is 4.81. The molecule has 3 aromatic rings. The van der Waals surface area contributed by atoms with Crippen molar-refractivity contribution in [1.82, 2.24) is 19.6 Å². The maximum atomic E-state index is 14.4. The summed E-state index contributed by atoms with van der Waals surface area (Å²) in [5.41, 5.74) is 3.68. The highest BCUT2D eigenvalue weighted by molar-refractivity contribution is 7.12. The van der Waals surface area contributed by atoms with Gasteiger partial charge in [-0.1, -0.05) is 12.1 Å². The fraction of sp³-hybridized carbons (Fsp3) is 0.435. The van der Waals surface area contributed by atoms with Crippen LogP contribution in [0, 0.1) is 19.7 Å². The molecule has 0 N–H and O–H groups in total. The van der Waals surface area contributed by atoms with E-state index < -0.39 is 0 Å². The third-order valence-electron chi connectivity index (χ3n) is 5.53. The number of rotatable bonds is 7. The number of hydrogen-bond donors (Lipinski definition) is 0. The van der Waals surface area contributed by atoms with Gasteiger partial charge in [0.15, 0.2) is 0 Å². The second kappa shape index (κ2) is 9.39. The molecule has 1 aliphatic heterocycles. The van der Waals surface area contributed by atoms with Gasteiger partial charge in [-0.3, -0.25) is 4.90 Å². The van der Waals surface area contributed by atoms with Gasteiger partial charge in [-0.05, 0) is 39.1 Å². The Bertz CT molecular complexity index is 993. The van der Waals surface area contributed by atoms with E-state index in [-0.39, 0.29) is 5.82 Å². The van der Waals surface area contributed by atoms with Gasteiger partial charge in [-0.25, -0.2) is 9.07 Å². The molecular formula is C23H29FN4OS. The number of ether oxygens (including phenoxy) is 1. The number of likely N-dealkylation sites (N-methyl/N-ethyl adjacent to an activating group) is 1. The molecule has 0 saturated carbocycles. The quantitative estimate of drug-likeness (QED) is 0.567. The molecule has 0 radical (unpaired) electrons. The first-order valence-electron chi connectivity index (χ1n) is 10.4. The molecule has 1 saturated heterocycles. The number of nitrogens with zero attached hydrogens (tertiary/aromatic N) is 4. The maximum Gasteiger partial charge on any atom is 0.148 e. The van der Waals surface area contributed by atoms with Crippen LogP contribution in [0.2, 0.25) is 0 Å². The zero-order chi connectivity index (χ0) is 21.1. The molecule has 160 valence electrons. The second-order valence-electron chi connectivity index (χ2n) is 7.92. The Hall–Kier alpha value is -2.06. The van der Waals surface area contributed by atoms with Gasteiger partial charge < -0.3 is 9.64 Å². The number of halogens is 1. The highest BCUT2D eigenvalue weighted by Gasteiger charge is 2.19. The minimum Gasteiger partial charge on any atom is -0.379 e. The van der Waals surface area contributed by atoms with E-state index >= 15 is 0 Å². The lowest BCUT2D eigenvalue weighted by molar-refractivity contribution is 0.0342. The van der Waals surface area contributed by atoms with Crippen molar-refractivity contribution in [2.75, 3.05) is 46.4 Å². The number of morpholine rings is 1. The number of para-hydroxylation sites is 1. The van der Waals surface area contributed by atoms with Crippen molar-refractivity contribution < 1.29 is 9.13 Å². The highest BCUT2D eigenvalue weighted by atomic mass is 32.1. The van der Waals surface area contributed by atoms with Crippen LogP contribution in [0.4, 0.5) is 4.39 Å². The topological polar surface area (TPSA) is 33.5 Å². The standard InChI is InChI=1S/C23H29FN4OS/c1-17-14-20(18(2)30-17)23-19(15-26(3)8-9-27-10-12-29-13-11-27)16-28(25-23)22-7-5-4-6-21(22)24/h4-7,14,16H,8-13,15H2,1-3H3. The van der Waals surface area contributed by atoms with Gasteiger partial charge in [0.25, 0.3) is 0 Å². The van der Waals surface area contributed by atoms with Crippen molar-refractivity contribution in [3.05, 3.63) is 57.7 Å². The monoisotopic (exact) mass is 428 g/mol. The summed E-state index contributed by atoms with van der Waals surface area (Å²) in [6, 6.07) is 8.98. The second-order valence-corrected chi connectivity index (χ2v) is 9.38. The predicted octanol–water partition coefficient (Wildman–Crippen LogP) is 4.12. The van der Waals surface area contributed by atoms with E-state index in [0.717, 1.165) is 62.8 Å². The van der Waals surface area contributed by atoms with E-state index in [2.05, 4.69) is 36.8 Å². The van der Waals surface area contributed by atoms with Crippen molar-refractivity contribution in [3.8, 4) is 16.9 Å². The summed E-state index contributed by atoms with van der Waals surface area (Å²) in [6.45, 7) is 10.6. The molecule has 0 spiro atoms. The molecule has 2 aromatic heterocycles. The Morgan fingerprint density at radius 1 is 1.20 bits per heavy atom. The molecule has 0 amide bonds. The Labute approximate surface area is 181 Å². The van der Waals surface area contributed by atoms with Crippen molar-refractivity contribution >= 4 is 11.3 Å². The minimum absolute atomic E-state index is 0.267. The Balaban J connectivity index is 1.58. The van der Waals surface area contributed by atoms with E-state index in [1.165, 1.54) is 15.8 Å². The van der Waals surface area contributed by atoms with Gasteiger partial charge in [0.1, 0.15) is 11.5 Å². The van der Waals surface area contributed by atoms with E-state index in [4.69, 9.17) is 9.84 Å². The molecule has 0 aliphatic carbocycles. The van der Waals surface area contributed by atoms with Crippen molar-refractivity contribution in [2.45, 2.75) is 20.4 Å². The zero-order valence-electron chi connectivity index (χ0n) is 17.9. The van der Waals surface area contributed by atoms with Crippen molar-refractivity contribution in [1.29, 1.82) is 0 Å². The molecule has 1 aliphatic rings. The van der Waals surface area contributed by atoms with Crippen LogP contribution in [0.25, 0.3) is 16.9 Å². The molecule has 5 nitrogen and oxygen atoms in total. The van der Waals surface area contributed by atoms with E-state index in [0.29, 0.717) is 5.69 Å². The number of benzene rings is 1. The summed E-state index contributed by atoms with van der Waals surface area (Å²) in [5.74, 6) is -0.267. The molecule has 1 aromatic carbocycles. The first-order valence-corrected chi connectivity index (χ1v) is 11.2. The van der Waals surface area contributed by atoms with Crippen LogP contribution in [0.15, 0.2) is 36.5 Å². The Morgan fingerprint density at radius 3 is 2.67 bits per heavy atom. The van der Waals surface area contributed by atoms with E-state index in [1.54, 1.807) is 28.2 Å². The summed E-state index contributed by atoms with van der Waals surface area (Å²) >= 11 is 1.77. The molecular weight excluding hydrogens is 399 g/mol. The lowest BCUT2D eigenvalue weighted by atomic mass is 10.1. The average molecular weight is 429 g/mol. The fourth-order valence-electron chi connectivity index (χ4n) is 3.89. The van der Waals surface area contributed by atoms with Gasteiger partial charge in [0.2, 0.25) is 0 Å². The van der Waals surface area contributed by atoms with E-state index in [1.807, 2.05) is 12.3 Å². The summed E-state index contributed by atoms with van der Waals surface area (Å²) in [7, 11) is 2.14. The van der Waals surface area contributed by atoms with Gasteiger partial charge in [0.05, 0.1) is 18.9 Å². The highest BCUT2D eigenvalue weighted by Crippen LogP contribution is 2.33. The van der Waals surface area contributed by atoms with E-state index in [9.17, 15) is 4.39 Å². The molecule has 0 bridgehead atoms. The first kappa shape index (κ1) is 21.2. The van der Waals surface area contributed by atoms with Crippen LogP contribution in [-0.2, 0) is 11.3 Å². The summed E-state index contributed by atoms with van der Waals surface area (Å²) < 4.78 is 21.5. The lowest BCUT2D eigenvalue weighted by Gasteiger charge is -2.28. The molecule has 0 atom stereocenters. The lowest BCUT2D eigenvalue weighted by Crippen LogP contribution is -2.40. The third kappa shape index (κ3) is 4.81. The molecule has 7 heteroatoms. The number of hydrogen-bond acceptors (Lipinski definition) is 5. The number of thiophene rings is 1. The van der Waals surface area contributed by atoms with Crippen LogP contribution in [0.3, 0.4) is 0 Å². The summed E-state index contributed by atoms with van der Waals surface area (Å²) in [4.78, 5) is 7.25. The Kier molecular flexibility index (Phi) is 6.63. The SMILES string of the molecule is Cc1cc(-c2nn(-c3ccccc3F)cc2CN(C)CCN2CCOCC2)c(C)s1. The number of aromatic nitrogens is 2. The first-order chi connectivity index (χ1) is 14.5. The van der Waals surface area contributed by atoms with Gasteiger partial charge >= 0.3 is 0 Å². The summed E-state index contributed by atoms with van der Waals surface area (Å²) in [5, 5.41) is 4.82. The van der Waals surface area contributed by atoms with Crippen LogP contribution >= 0.6 is 11.3 Å². The summed E-state index contributed by atoms with van der Waals surface area (Å²) in [6.07, 6.45) is 1.98. The van der Waals surface area contributed by atoms with Crippen LogP contribution in [0.5, 0.6) is 0 Å².